The number of anilines is 1. The first-order valence-electron chi connectivity index (χ1n) is 5.86. The number of carbonyl (C=O) groups is 1. The molecule has 6 heteroatoms. The maximum Gasteiger partial charge on any atom is 0.339 e. The molecule has 0 amide bonds. The molecule has 0 aromatic carbocycles. The van der Waals surface area contributed by atoms with E-state index in [9.17, 15) is 9.90 Å². The first-order valence-corrected chi connectivity index (χ1v) is 6.74. The first-order chi connectivity index (χ1) is 8.99. The lowest BCUT2D eigenvalue weighted by Crippen LogP contribution is -2.14. The Bertz CT molecular complexity index is 596. The highest BCUT2D eigenvalue weighted by atomic mass is 32.1. The van der Waals surface area contributed by atoms with Gasteiger partial charge in [0.1, 0.15) is 16.4 Å². The van der Waals surface area contributed by atoms with E-state index in [0.29, 0.717) is 11.4 Å². The predicted octanol–water partition coefficient (Wildman–Crippen LogP) is 3.03. The van der Waals surface area contributed by atoms with Crippen LogP contribution in [0.3, 0.4) is 0 Å². The van der Waals surface area contributed by atoms with Crippen LogP contribution in [0.25, 0.3) is 0 Å². The van der Waals surface area contributed by atoms with Gasteiger partial charge in [-0.25, -0.2) is 14.8 Å². The van der Waals surface area contributed by atoms with Gasteiger partial charge in [-0.3, -0.25) is 0 Å². The third-order valence-corrected chi connectivity index (χ3v) is 3.69. The molecular weight excluding hydrogens is 262 g/mol. The van der Waals surface area contributed by atoms with Crippen LogP contribution < -0.4 is 5.32 Å². The molecule has 2 aromatic heterocycles. The number of carboxylic acid groups (broad SMARTS) is 1. The molecule has 0 aliphatic heterocycles. The second-order valence-corrected chi connectivity index (χ2v) is 5.27. The second kappa shape index (κ2) is 5.36. The number of thiazole rings is 1. The van der Waals surface area contributed by atoms with Gasteiger partial charge in [-0.05, 0) is 32.4 Å². The molecule has 2 aromatic rings. The van der Waals surface area contributed by atoms with Crippen LogP contribution in [0, 0.1) is 13.8 Å². The van der Waals surface area contributed by atoms with Crippen LogP contribution in [0.4, 0.5) is 5.82 Å². The first kappa shape index (κ1) is 13.5. The van der Waals surface area contributed by atoms with Crippen LogP contribution in [-0.4, -0.2) is 21.0 Å². The molecule has 100 valence electrons. The third-order valence-electron chi connectivity index (χ3n) is 2.73. The van der Waals surface area contributed by atoms with Gasteiger partial charge in [-0.1, -0.05) is 0 Å². The maximum atomic E-state index is 11.3. The molecule has 0 aliphatic rings. The molecule has 1 atom stereocenters. The number of aryl methyl sites for hydroxylation is 2. The fraction of sp³-hybridized carbons (Fsp3) is 0.308. The fourth-order valence-corrected chi connectivity index (χ4v) is 2.57. The summed E-state index contributed by atoms with van der Waals surface area (Å²) < 4.78 is 0. The normalized spacial score (nSPS) is 12.2. The Morgan fingerprint density at radius 2 is 2.21 bits per heavy atom. The molecule has 0 saturated heterocycles. The van der Waals surface area contributed by atoms with Crippen molar-refractivity contribution in [1.82, 2.24) is 9.97 Å². The number of hydrogen-bond donors (Lipinski definition) is 2. The van der Waals surface area contributed by atoms with E-state index in [0.717, 1.165) is 10.7 Å². The molecule has 0 radical (unpaired) electrons. The van der Waals surface area contributed by atoms with Gasteiger partial charge in [0.2, 0.25) is 0 Å². The highest BCUT2D eigenvalue weighted by Crippen LogP contribution is 2.24. The number of nitrogens with zero attached hydrogens (tertiary/aromatic N) is 2. The summed E-state index contributed by atoms with van der Waals surface area (Å²) in [7, 11) is 0. The molecule has 1 unspecified atom stereocenters. The summed E-state index contributed by atoms with van der Waals surface area (Å²) in [5.41, 5.74) is 1.71. The van der Waals surface area contributed by atoms with Crippen molar-refractivity contribution in [2.75, 3.05) is 5.32 Å². The summed E-state index contributed by atoms with van der Waals surface area (Å²) in [6.45, 7) is 5.55. The van der Waals surface area contributed by atoms with E-state index in [1.165, 1.54) is 11.3 Å². The zero-order valence-corrected chi connectivity index (χ0v) is 11.8. The van der Waals surface area contributed by atoms with Gasteiger partial charge in [0, 0.05) is 17.3 Å². The number of carboxylic acids is 1. The van der Waals surface area contributed by atoms with Crippen molar-refractivity contribution in [2.24, 2.45) is 0 Å². The Morgan fingerprint density at radius 1 is 1.47 bits per heavy atom. The zero-order valence-electron chi connectivity index (χ0n) is 11.0. The Kier molecular flexibility index (Phi) is 3.80. The number of pyridine rings is 1. The van der Waals surface area contributed by atoms with E-state index in [1.54, 1.807) is 19.2 Å². The molecule has 0 aliphatic carbocycles. The van der Waals surface area contributed by atoms with Crippen LogP contribution in [0.5, 0.6) is 0 Å². The van der Waals surface area contributed by atoms with Crippen LogP contribution in [0.2, 0.25) is 0 Å². The number of rotatable bonds is 4. The average molecular weight is 277 g/mol. The van der Waals surface area contributed by atoms with Crippen molar-refractivity contribution in [3.8, 4) is 0 Å². The van der Waals surface area contributed by atoms with E-state index < -0.39 is 5.97 Å². The highest BCUT2D eigenvalue weighted by molar-refractivity contribution is 7.09. The standard InChI is InChI=1S/C13H15N3O2S/c1-7-6-8(2)15-11(10(7)13(17)18)16-9(3)12-14-4-5-19-12/h4-6,9H,1-3H3,(H,15,16)(H,17,18). The van der Waals surface area contributed by atoms with Gasteiger partial charge in [0.05, 0.1) is 6.04 Å². The molecule has 0 saturated carbocycles. The van der Waals surface area contributed by atoms with Gasteiger partial charge in [0.25, 0.3) is 0 Å². The van der Waals surface area contributed by atoms with Gasteiger partial charge in [0.15, 0.2) is 0 Å². The summed E-state index contributed by atoms with van der Waals surface area (Å²) in [6.07, 6.45) is 1.73. The lowest BCUT2D eigenvalue weighted by molar-refractivity contribution is 0.0696. The molecule has 2 heterocycles. The highest BCUT2D eigenvalue weighted by Gasteiger charge is 2.18. The number of hydrogen-bond acceptors (Lipinski definition) is 5. The smallest absolute Gasteiger partial charge is 0.339 e. The predicted molar refractivity (Wildman–Crippen MR) is 74.8 cm³/mol. The molecule has 2 N–H and O–H groups in total. The summed E-state index contributed by atoms with van der Waals surface area (Å²) >= 11 is 1.52. The Balaban J connectivity index is 2.36. The summed E-state index contributed by atoms with van der Waals surface area (Å²) in [4.78, 5) is 19.8. The SMILES string of the molecule is Cc1cc(C)c(C(=O)O)c(NC(C)c2nccs2)n1. The largest absolute Gasteiger partial charge is 0.478 e. The number of nitrogens with one attached hydrogen (secondary N) is 1. The van der Waals surface area contributed by atoms with Crippen molar-refractivity contribution < 1.29 is 9.90 Å². The quantitative estimate of drug-likeness (QED) is 0.898. The molecule has 2 rings (SSSR count). The van der Waals surface area contributed by atoms with Crippen molar-refractivity contribution >= 4 is 23.1 Å². The zero-order chi connectivity index (χ0) is 14.0. The Hall–Kier alpha value is -1.95. The number of aromatic carboxylic acids is 1. The molecule has 0 bridgehead atoms. The van der Waals surface area contributed by atoms with Gasteiger partial charge in [-0.2, -0.15) is 0 Å². The molecular formula is C13H15N3O2S. The topological polar surface area (TPSA) is 75.1 Å². The van der Waals surface area contributed by atoms with Crippen LogP contribution in [0.15, 0.2) is 17.6 Å². The van der Waals surface area contributed by atoms with E-state index in [4.69, 9.17) is 0 Å². The molecule has 0 fully saturated rings. The van der Waals surface area contributed by atoms with Gasteiger partial charge in [-0.15, -0.1) is 11.3 Å². The molecule has 19 heavy (non-hydrogen) atoms. The monoisotopic (exact) mass is 277 g/mol. The Morgan fingerprint density at radius 3 is 2.79 bits per heavy atom. The summed E-state index contributed by atoms with van der Waals surface area (Å²) in [5, 5.41) is 15.2. The van der Waals surface area contributed by atoms with Crippen LogP contribution in [0.1, 0.15) is 39.6 Å². The minimum atomic E-state index is -0.973. The molecule has 0 spiro atoms. The molecule has 5 nitrogen and oxygen atoms in total. The van der Waals surface area contributed by atoms with Crippen LogP contribution >= 0.6 is 11.3 Å². The van der Waals surface area contributed by atoms with Crippen molar-refractivity contribution in [3.63, 3.8) is 0 Å². The van der Waals surface area contributed by atoms with Gasteiger partial charge < -0.3 is 10.4 Å². The van der Waals surface area contributed by atoms with E-state index in [-0.39, 0.29) is 11.6 Å². The maximum absolute atomic E-state index is 11.3. The van der Waals surface area contributed by atoms with Crippen molar-refractivity contribution in [3.05, 3.63) is 39.5 Å². The van der Waals surface area contributed by atoms with Gasteiger partial charge >= 0.3 is 5.97 Å². The van der Waals surface area contributed by atoms with E-state index in [1.807, 2.05) is 19.2 Å². The lowest BCUT2D eigenvalue weighted by Gasteiger charge is -2.16. The minimum Gasteiger partial charge on any atom is -0.478 e. The van der Waals surface area contributed by atoms with Crippen molar-refractivity contribution in [1.29, 1.82) is 0 Å². The number of aromatic nitrogens is 2. The van der Waals surface area contributed by atoms with E-state index in [2.05, 4.69) is 15.3 Å². The summed E-state index contributed by atoms with van der Waals surface area (Å²) in [6, 6.07) is 1.69. The minimum absolute atomic E-state index is 0.0770. The lowest BCUT2D eigenvalue weighted by atomic mass is 10.1. The van der Waals surface area contributed by atoms with Crippen LogP contribution in [-0.2, 0) is 0 Å². The summed E-state index contributed by atoms with van der Waals surface area (Å²) in [5.74, 6) is -0.577. The van der Waals surface area contributed by atoms with Crippen molar-refractivity contribution in [2.45, 2.75) is 26.8 Å². The average Bonchev–Trinajstić information content (AvgIpc) is 2.80. The van der Waals surface area contributed by atoms with E-state index >= 15 is 0 Å². The Labute approximate surface area is 115 Å². The second-order valence-electron chi connectivity index (χ2n) is 4.35. The fourth-order valence-electron chi connectivity index (χ4n) is 1.93. The third kappa shape index (κ3) is 2.90.